The highest BCUT2D eigenvalue weighted by Gasteiger charge is 2.15. The maximum absolute atomic E-state index is 6.18. The van der Waals surface area contributed by atoms with Gasteiger partial charge in [-0.15, -0.1) is 5.10 Å². The molecule has 3 aromatic rings. The first-order valence-electron chi connectivity index (χ1n) is 9.68. The highest BCUT2D eigenvalue weighted by atomic mass is 79.9. The Morgan fingerprint density at radius 3 is 2.67 bits per heavy atom. The molecule has 1 aromatic heterocycles. The zero-order chi connectivity index (χ0) is 21.3. The Morgan fingerprint density at radius 2 is 1.97 bits per heavy atom. The van der Waals surface area contributed by atoms with E-state index >= 15 is 0 Å². The summed E-state index contributed by atoms with van der Waals surface area (Å²) in [7, 11) is 3.51. The van der Waals surface area contributed by atoms with Gasteiger partial charge in [-0.05, 0) is 48.0 Å². The van der Waals surface area contributed by atoms with E-state index in [2.05, 4.69) is 68.0 Å². The van der Waals surface area contributed by atoms with Crippen molar-refractivity contribution in [1.29, 1.82) is 0 Å². The lowest BCUT2D eigenvalue weighted by Crippen LogP contribution is -2.17. The van der Waals surface area contributed by atoms with Crippen molar-refractivity contribution in [1.82, 2.24) is 25.5 Å². The Labute approximate surface area is 189 Å². The number of halogens is 1. The minimum Gasteiger partial charge on any atom is -0.493 e. The number of thioether (sulfide) groups is 1. The Morgan fingerprint density at radius 1 is 1.17 bits per heavy atom. The summed E-state index contributed by atoms with van der Waals surface area (Å²) in [5.41, 5.74) is 3.40. The Bertz CT molecular complexity index is 949. The molecule has 1 N–H and O–H groups in total. The van der Waals surface area contributed by atoms with E-state index in [0.29, 0.717) is 13.2 Å². The first kappa shape index (κ1) is 22.6. The summed E-state index contributed by atoms with van der Waals surface area (Å²) < 4.78 is 14.4. The molecule has 0 radical (unpaired) electrons. The van der Waals surface area contributed by atoms with E-state index in [0.717, 1.165) is 51.0 Å². The fraction of sp³-hybridized carbons (Fsp3) is 0.381. The van der Waals surface area contributed by atoms with Gasteiger partial charge < -0.3 is 14.8 Å². The molecule has 3 rings (SSSR count). The van der Waals surface area contributed by atoms with Gasteiger partial charge in [-0.3, -0.25) is 0 Å². The van der Waals surface area contributed by atoms with Crippen LogP contribution in [-0.4, -0.2) is 39.6 Å². The van der Waals surface area contributed by atoms with Crippen molar-refractivity contribution >= 4 is 27.7 Å². The van der Waals surface area contributed by atoms with Crippen molar-refractivity contribution in [2.24, 2.45) is 7.05 Å². The molecule has 0 aliphatic rings. The number of ether oxygens (including phenoxy) is 2. The van der Waals surface area contributed by atoms with Crippen LogP contribution in [0.5, 0.6) is 11.5 Å². The molecule has 0 aliphatic carbocycles. The van der Waals surface area contributed by atoms with Crippen LogP contribution in [0.25, 0.3) is 0 Å². The normalized spacial score (nSPS) is 10.9. The second-order valence-corrected chi connectivity index (χ2v) is 8.71. The lowest BCUT2D eigenvalue weighted by atomic mass is 10.1. The van der Waals surface area contributed by atoms with Gasteiger partial charge in [0.05, 0.1) is 7.11 Å². The Balaban J connectivity index is 1.56. The molecular formula is C21H26BrN5O2S. The van der Waals surface area contributed by atoms with Crippen LogP contribution < -0.4 is 14.8 Å². The SMILES string of the molecule is COc1ccc(Br)c(CNCCCSc2nnnn2C)c1OCc1ccc(C)cc1. The molecule has 160 valence electrons. The molecule has 1 heterocycles. The number of rotatable bonds is 11. The molecule has 9 heteroatoms. The summed E-state index contributed by atoms with van der Waals surface area (Å²) in [5.74, 6) is 2.43. The van der Waals surface area contributed by atoms with Gasteiger partial charge in [-0.1, -0.05) is 57.5 Å². The molecule has 0 spiro atoms. The van der Waals surface area contributed by atoms with E-state index in [4.69, 9.17) is 9.47 Å². The summed E-state index contributed by atoms with van der Waals surface area (Å²) >= 11 is 5.31. The maximum atomic E-state index is 6.18. The minimum atomic E-state index is 0.489. The van der Waals surface area contributed by atoms with Gasteiger partial charge in [0.2, 0.25) is 5.16 Å². The van der Waals surface area contributed by atoms with Crippen LogP contribution in [-0.2, 0) is 20.2 Å². The van der Waals surface area contributed by atoms with Crippen LogP contribution in [0.4, 0.5) is 0 Å². The van der Waals surface area contributed by atoms with Gasteiger partial charge in [-0.25, -0.2) is 4.68 Å². The molecule has 0 amide bonds. The first-order valence-corrected chi connectivity index (χ1v) is 11.5. The fourth-order valence-electron chi connectivity index (χ4n) is 2.82. The molecule has 2 aromatic carbocycles. The van der Waals surface area contributed by atoms with Crippen molar-refractivity contribution in [3.63, 3.8) is 0 Å². The van der Waals surface area contributed by atoms with Crippen LogP contribution in [0, 0.1) is 6.92 Å². The molecule has 0 unspecified atom stereocenters. The number of hydrogen-bond acceptors (Lipinski definition) is 7. The van der Waals surface area contributed by atoms with E-state index in [-0.39, 0.29) is 0 Å². The van der Waals surface area contributed by atoms with E-state index < -0.39 is 0 Å². The van der Waals surface area contributed by atoms with Crippen molar-refractivity contribution < 1.29 is 9.47 Å². The fourth-order valence-corrected chi connectivity index (χ4v) is 4.06. The second-order valence-electron chi connectivity index (χ2n) is 6.80. The van der Waals surface area contributed by atoms with Gasteiger partial charge in [0.25, 0.3) is 0 Å². The van der Waals surface area contributed by atoms with Crippen LogP contribution in [0.3, 0.4) is 0 Å². The number of aromatic nitrogens is 4. The van der Waals surface area contributed by atoms with E-state index in [9.17, 15) is 0 Å². The smallest absolute Gasteiger partial charge is 0.209 e. The summed E-state index contributed by atoms with van der Waals surface area (Å²) in [5, 5.41) is 15.8. The molecule has 0 saturated heterocycles. The van der Waals surface area contributed by atoms with Gasteiger partial charge in [0.15, 0.2) is 11.5 Å². The van der Waals surface area contributed by atoms with Gasteiger partial charge >= 0.3 is 0 Å². The topological polar surface area (TPSA) is 74.1 Å². The molecule has 0 bridgehead atoms. The zero-order valence-corrected chi connectivity index (χ0v) is 19.8. The number of aryl methyl sites for hydroxylation is 2. The standard InChI is InChI=1S/C21H26BrN5O2S/c1-15-5-7-16(8-6-15)14-29-20-17(18(22)9-10-19(20)28-3)13-23-11-4-12-30-21-24-25-26-27(21)2/h5-10,23H,4,11-14H2,1-3H3. The summed E-state index contributed by atoms with van der Waals surface area (Å²) in [6, 6.07) is 12.3. The van der Waals surface area contributed by atoms with E-state index in [1.165, 1.54) is 5.56 Å². The van der Waals surface area contributed by atoms with Crippen LogP contribution >= 0.6 is 27.7 Å². The summed E-state index contributed by atoms with van der Waals surface area (Å²) in [6.45, 7) is 4.12. The number of tetrazole rings is 1. The highest BCUT2D eigenvalue weighted by Crippen LogP contribution is 2.36. The zero-order valence-electron chi connectivity index (χ0n) is 17.4. The predicted octanol–water partition coefficient (Wildman–Crippen LogP) is 4.14. The van der Waals surface area contributed by atoms with Gasteiger partial charge in [0.1, 0.15) is 6.61 Å². The van der Waals surface area contributed by atoms with E-state index in [1.54, 1.807) is 23.6 Å². The Hall–Kier alpha value is -2.10. The van der Waals surface area contributed by atoms with Crippen LogP contribution in [0.15, 0.2) is 46.0 Å². The lowest BCUT2D eigenvalue weighted by molar-refractivity contribution is 0.280. The number of benzene rings is 2. The van der Waals surface area contributed by atoms with Crippen molar-refractivity contribution in [3.8, 4) is 11.5 Å². The number of nitrogens with one attached hydrogen (secondary N) is 1. The number of hydrogen-bond donors (Lipinski definition) is 1. The molecule has 7 nitrogen and oxygen atoms in total. The summed E-state index contributed by atoms with van der Waals surface area (Å²) in [4.78, 5) is 0. The average Bonchev–Trinajstić information content (AvgIpc) is 3.16. The largest absolute Gasteiger partial charge is 0.493 e. The Kier molecular flexibility index (Phi) is 8.53. The first-order chi connectivity index (χ1) is 14.6. The minimum absolute atomic E-state index is 0.489. The molecule has 0 aliphatic heterocycles. The van der Waals surface area contributed by atoms with Crippen LogP contribution in [0.1, 0.15) is 23.1 Å². The monoisotopic (exact) mass is 491 g/mol. The lowest BCUT2D eigenvalue weighted by Gasteiger charge is -2.17. The van der Waals surface area contributed by atoms with Crippen molar-refractivity contribution in [2.75, 3.05) is 19.4 Å². The van der Waals surface area contributed by atoms with Crippen LogP contribution in [0.2, 0.25) is 0 Å². The number of methoxy groups -OCH3 is 1. The quantitative estimate of drug-likeness (QED) is 0.319. The van der Waals surface area contributed by atoms with Crippen molar-refractivity contribution in [2.45, 2.75) is 31.7 Å². The van der Waals surface area contributed by atoms with E-state index in [1.807, 2.05) is 19.2 Å². The number of nitrogens with zero attached hydrogens (tertiary/aromatic N) is 4. The second kappa shape index (κ2) is 11.3. The third-order valence-electron chi connectivity index (χ3n) is 4.50. The van der Waals surface area contributed by atoms with Crippen molar-refractivity contribution in [3.05, 3.63) is 57.6 Å². The molecule has 30 heavy (non-hydrogen) atoms. The third kappa shape index (κ3) is 6.20. The highest BCUT2D eigenvalue weighted by molar-refractivity contribution is 9.10. The van der Waals surface area contributed by atoms with Gasteiger partial charge in [0, 0.05) is 29.4 Å². The maximum Gasteiger partial charge on any atom is 0.209 e. The van der Waals surface area contributed by atoms with Gasteiger partial charge in [-0.2, -0.15) is 0 Å². The predicted molar refractivity (Wildman–Crippen MR) is 122 cm³/mol. The molecular weight excluding hydrogens is 466 g/mol. The summed E-state index contributed by atoms with van der Waals surface area (Å²) in [6.07, 6.45) is 0.999. The molecule has 0 atom stereocenters. The molecule has 0 saturated carbocycles. The molecule has 0 fully saturated rings. The average molecular weight is 492 g/mol. The third-order valence-corrected chi connectivity index (χ3v) is 6.34.